The fourth-order valence-corrected chi connectivity index (χ4v) is 6.03. The molecule has 1 aliphatic carbocycles. The summed E-state index contributed by atoms with van der Waals surface area (Å²) in [6, 6.07) is 42.0. The molecule has 5 aromatic carbocycles. The molecule has 5 aromatic rings. The maximum atomic E-state index is 2.50. The molecule has 0 aliphatic heterocycles. The van der Waals surface area contributed by atoms with Crippen molar-refractivity contribution in [2.75, 3.05) is 4.90 Å². The van der Waals surface area contributed by atoms with Crippen molar-refractivity contribution in [2.45, 2.75) is 51.4 Å². The van der Waals surface area contributed by atoms with E-state index in [-0.39, 0.29) is 10.8 Å². The van der Waals surface area contributed by atoms with Crippen LogP contribution in [0.3, 0.4) is 0 Å². The molecular formula is C36H35N. The Balaban J connectivity index is 1.65. The van der Waals surface area contributed by atoms with Gasteiger partial charge >= 0.3 is 0 Å². The van der Waals surface area contributed by atoms with E-state index in [1.54, 1.807) is 0 Å². The van der Waals surface area contributed by atoms with Crippen LogP contribution in [0.1, 0.15) is 51.7 Å². The molecule has 37 heavy (non-hydrogen) atoms. The van der Waals surface area contributed by atoms with Crippen molar-refractivity contribution < 1.29 is 0 Å². The summed E-state index contributed by atoms with van der Waals surface area (Å²) < 4.78 is 0. The molecule has 1 heteroatoms. The predicted octanol–water partition coefficient (Wildman–Crippen LogP) is 10.3. The molecule has 1 nitrogen and oxygen atoms in total. The maximum absolute atomic E-state index is 2.50. The van der Waals surface area contributed by atoms with Gasteiger partial charge in [-0.3, -0.25) is 0 Å². The topological polar surface area (TPSA) is 3.24 Å². The zero-order chi connectivity index (χ0) is 25.6. The minimum atomic E-state index is 0.158. The minimum Gasteiger partial charge on any atom is -0.309 e. The fourth-order valence-electron chi connectivity index (χ4n) is 6.03. The van der Waals surface area contributed by atoms with Crippen LogP contribution in [-0.2, 0) is 10.8 Å². The first-order chi connectivity index (χ1) is 17.9. The molecule has 0 heterocycles. The molecule has 0 radical (unpaired) electrons. The smallest absolute Gasteiger partial charge is 0.0540 e. The number of nitrogens with zero attached hydrogens (tertiary/aromatic N) is 1. The van der Waals surface area contributed by atoms with Crippen molar-refractivity contribution in [2.24, 2.45) is 0 Å². The van der Waals surface area contributed by atoms with Crippen LogP contribution in [0, 0.1) is 0 Å². The van der Waals surface area contributed by atoms with E-state index in [0.717, 1.165) is 5.69 Å². The first kappa shape index (κ1) is 23.6. The number of benzene rings is 5. The molecule has 1 aliphatic rings. The van der Waals surface area contributed by atoms with Gasteiger partial charge < -0.3 is 4.90 Å². The third-order valence-electron chi connectivity index (χ3n) is 8.31. The first-order valence-electron chi connectivity index (χ1n) is 13.4. The van der Waals surface area contributed by atoms with Gasteiger partial charge in [0.05, 0.1) is 11.4 Å². The SMILES string of the molecule is CC1(C)CCC(C)(C)c2cc3c(N(c4ccccc4)c4ccccc4-c4ccccc4)cccc3cc21. The van der Waals surface area contributed by atoms with Gasteiger partial charge in [0, 0.05) is 16.6 Å². The minimum absolute atomic E-state index is 0.158. The summed E-state index contributed by atoms with van der Waals surface area (Å²) in [5.74, 6) is 0. The highest BCUT2D eigenvalue weighted by atomic mass is 15.1. The standard InChI is InChI=1S/C36H35N/c1-35(2)22-23-36(3,4)32-25-30-27(24-31(32)35)16-13-21-34(30)37(28-17-9-6-10-18-28)33-20-12-11-19-29(33)26-14-7-5-8-15-26/h5-21,24-25H,22-23H2,1-4H3. The molecule has 0 unspecified atom stereocenters. The number of para-hydroxylation sites is 2. The average molecular weight is 482 g/mol. The second-order valence-electron chi connectivity index (χ2n) is 11.7. The molecule has 0 saturated carbocycles. The van der Waals surface area contributed by atoms with Crippen molar-refractivity contribution >= 4 is 27.8 Å². The summed E-state index contributed by atoms with van der Waals surface area (Å²) in [7, 11) is 0. The Morgan fingerprint density at radius 2 is 1.11 bits per heavy atom. The van der Waals surface area contributed by atoms with Crippen LogP contribution in [0.2, 0.25) is 0 Å². The van der Waals surface area contributed by atoms with Gasteiger partial charge in [0.1, 0.15) is 0 Å². The van der Waals surface area contributed by atoms with Gasteiger partial charge in [0.25, 0.3) is 0 Å². The number of anilines is 3. The lowest BCUT2D eigenvalue weighted by atomic mass is 9.63. The van der Waals surface area contributed by atoms with E-state index < -0.39 is 0 Å². The van der Waals surface area contributed by atoms with E-state index >= 15 is 0 Å². The molecule has 184 valence electrons. The van der Waals surface area contributed by atoms with E-state index in [2.05, 4.69) is 148 Å². The van der Waals surface area contributed by atoms with Crippen molar-refractivity contribution in [1.82, 2.24) is 0 Å². The van der Waals surface area contributed by atoms with Crippen LogP contribution >= 0.6 is 0 Å². The quantitative estimate of drug-likeness (QED) is 0.247. The molecular weight excluding hydrogens is 446 g/mol. The lowest BCUT2D eigenvalue weighted by Gasteiger charge is -2.42. The Labute approximate surface area is 221 Å². The van der Waals surface area contributed by atoms with Gasteiger partial charge in [0.2, 0.25) is 0 Å². The number of rotatable bonds is 4. The monoisotopic (exact) mass is 481 g/mol. The van der Waals surface area contributed by atoms with Crippen LogP contribution < -0.4 is 4.90 Å². The summed E-state index contributed by atoms with van der Waals surface area (Å²) in [4.78, 5) is 2.44. The van der Waals surface area contributed by atoms with Crippen LogP contribution in [0.4, 0.5) is 17.1 Å². The summed E-state index contributed by atoms with van der Waals surface area (Å²) in [6.45, 7) is 9.64. The second-order valence-corrected chi connectivity index (χ2v) is 11.7. The zero-order valence-corrected chi connectivity index (χ0v) is 22.3. The lowest BCUT2D eigenvalue weighted by molar-refractivity contribution is 0.332. The maximum Gasteiger partial charge on any atom is 0.0540 e. The summed E-state index contributed by atoms with van der Waals surface area (Å²) in [5, 5.41) is 2.61. The first-order valence-corrected chi connectivity index (χ1v) is 13.4. The molecule has 0 aromatic heterocycles. The summed E-state index contributed by atoms with van der Waals surface area (Å²) in [6.07, 6.45) is 2.43. The third-order valence-corrected chi connectivity index (χ3v) is 8.31. The number of fused-ring (bicyclic) bond motifs is 2. The van der Waals surface area contributed by atoms with Crippen LogP contribution in [-0.4, -0.2) is 0 Å². The van der Waals surface area contributed by atoms with E-state index in [0.29, 0.717) is 0 Å². The van der Waals surface area contributed by atoms with Crippen molar-refractivity contribution in [3.8, 4) is 11.1 Å². The second kappa shape index (κ2) is 8.92. The highest BCUT2D eigenvalue weighted by Gasteiger charge is 2.37. The third kappa shape index (κ3) is 4.13. The van der Waals surface area contributed by atoms with Crippen molar-refractivity contribution in [3.05, 3.63) is 126 Å². The lowest BCUT2D eigenvalue weighted by Crippen LogP contribution is -2.33. The van der Waals surface area contributed by atoms with Crippen LogP contribution in [0.25, 0.3) is 21.9 Å². The molecule has 6 rings (SSSR count). The normalized spacial score (nSPS) is 15.8. The fraction of sp³-hybridized carbons (Fsp3) is 0.222. The summed E-state index contributed by atoms with van der Waals surface area (Å²) >= 11 is 0. The zero-order valence-electron chi connectivity index (χ0n) is 22.3. The summed E-state index contributed by atoms with van der Waals surface area (Å²) in [5.41, 5.74) is 9.36. The van der Waals surface area contributed by atoms with Gasteiger partial charge in [0.15, 0.2) is 0 Å². The van der Waals surface area contributed by atoms with E-state index in [1.165, 1.54) is 57.2 Å². The van der Waals surface area contributed by atoms with Crippen molar-refractivity contribution in [1.29, 1.82) is 0 Å². The average Bonchev–Trinajstić information content (AvgIpc) is 2.92. The van der Waals surface area contributed by atoms with E-state index in [1.807, 2.05) is 0 Å². The molecule has 0 fully saturated rings. The van der Waals surface area contributed by atoms with E-state index in [4.69, 9.17) is 0 Å². The molecule has 0 saturated heterocycles. The van der Waals surface area contributed by atoms with Gasteiger partial charge in [-0.25, -0.2) is 0 Å². The Hall–Kier alpha value is -3.84. The van der Waals surface area contributed by atoms with Gasteiger partial charge in [-0.2, -0.15) is 0 Å². The number of hydrogen-bond acceptors (Lipinski definition) is 1. The van der Waals surface area contributed by atoms with Gasteiger partial charge in [-0.15, -0.1) is 0 Å². The van der Waals surface area contributed by atoms with Crippen molar-refractivity contribution in [3.63, 3.8) is 0 Å². The Morgan fingerprint density at radius 1 is 0.541 bits per heavy atom. The van der Waals surface area contributed by atoms with E-state index in [9.17, 15) is 0 Å². The molecule has 0 amide bonds. The van der Waals surface area contributed by atoms with Crippen LogP contribution in [0.5, 0.6) is 0 Å². The Kier molecular flexibility index (Phi) is 5.68. The number of hydrogen-bond donors (Lipinski definition) is 0. The largest absolute Gasteiger partial charge is 0.309 e. The molecule has 0 atom stereocenters. The Morgan fingerprint density at radius 3 is 1.81 bits per heavy atom. The molecule has 0 bridgehead atoms. The van der Waals surface area contributed by atoms with Crippen LogP contribution in [0.15, 0.2) is 115 Å². The predicted molar refractivity (Wildman–Crippen MR) is 159 cm³/mol. The Bertz CT molecular complexity index is 1560. The highest BCUT2D eigenvalue weighted by molar-refractivity contribution is 6.01. The van der Waals surface area contributed by atoms with Gasteiger partial charge in [-0.05, 0) is 76.1 Å². The molecule has 0 spiro atoms. The highest BCUT2D eigenvalue weighted by Crippen LogP contribution is 2.49. The van der Waals surface area contributed by atoms with Gasteiger partial charge in [-0.1, -0.05) is 113 Å². The molecule has 0 N–H and O–H groups in total.